The first kappa shape index (κ1) is 15.5. The van der Waals surface area contributed by atoms with Crippen molar-refractivity contribution in [2.75, 3.05) is 5.32 Å². The van der Waals surface area contributed by atoms with E-state index in [-0.39, 0.29) is 5.91 Å². The lowest BCUT2D eigenvalue weighted by atomic mass is 10.1. The molecule has 0 saturated heterocycles. The van der Waals surface area contributed by atoms with E-state index in [1.165, 1.54) is 19.3 Å². The van der Waals surface area contributed by atoms with Crippen LogP contribution in [-0.2, 0) is 4.79 Å². The Balaban J connectivity index is 2.33. The van der Waals surface area contributed by atoms with E-state index in [9.17, 15) is 4.79 Å². The monoisotopic (exact) mass is 331 g/mol. The summed E-state index contributed by atoms with van der Waals surface area (Å²) in [6.07, 6.45) is 6.33. The summed E-state index contributed by atoms with van der Waals surface area (Å²) in [5.41, 5.74) is 0.737. The van der Waals surface area contributed by atoms with Crippen LogP contribution in [0.15, 0.2) is 22.7 Å². The smallest absolute Gasteiger partial charge is 0.224 e. The summed E-state index contributed by atoms with van der Waals surface area (Å²) < 4.78 is 0.853. The molecule has 0 saturated carbocycles. The summed E-state index contributed by atoms with van der Waals surface area (Å²) >= 11 is 9.28. The largest absolute Gasteiger partial charge is 0.325 e. The summed E-state index contributed by atoms with van der Waals surface area (Å²) in [7, 11) is 0. The molecule has 2 nitrogen and oxygen atoms in total. The highest BCUT2D eigenvalue weighted by Crippen LogP contribution is 2.26. The van der Waals surface area contributed by atoms with Gasteiger partial charge in [0.15, 0.2) is 0 Å². The molecule has 0 atom stereocenters. The molecule has 0 spiro atoms. The predicted molar refractivity (Wildman–Crippen MR) is 81.2 cm³/mol. The van der Waals surface area contributed by atoms with E-state index in [1.807, 2.05) is 6.07 Å². The standard InChI is InChI=1S/C14H19BrClNO/c1-2-3-4-5-6-7-14(18)17-13-10-11(16)8-9-12(13)15/h8-10H,2-7H2,1H3,(H,17,18). The lowest BCUT2D eigenvalue weighted by Crippen LogP contribution is -2.11. The van der Waals surface area contributed by atoms with Crippen molar-refractivity contribution in [2.24, 2.45) is 0 Å². The Morgan fingerprint density at radius 1 is 1.28 bits per heavy atom. The number of unbranched alkanes of at least 4 members (excludes halogenated alkanes) is 4. The van der Waals surface area contributed by atoms with Crippen molar-refractivity contribution < 1.29 is 4.79 Å². The van der Waals surface area contributed by atoms with Crippen molar-refractivity contribution in [2.45, 2.75) is 45.4 Å². The molecule has 0 aliphatic carbocycles. The van der Waals surface area contributed by atoms with Gasteiger partial charge in [0.2, 0.25) is 5.91 Å². The fourth-order valence-electron chi connectivity index (χ4n) is 1.70. The normalized spacial score (nSPS) is 10.4. The minimum atomic E-state index is 0.0504. The minimum absolute atomic E-state index is 0.0504. The molecule has 0 aromatic heterocycles. The highest BCUT2D eigenvalue weighted by Gasteiger charge is 2.06. The van der Waals surface area contributed by atoms with E-state index in [2.05, 4.69) is 28.2 Å². The van der Waals surface area contributed by atoms with Gasteiger partial charge in [0.05, 0.1) is 5.69 Å². The van der Waals surface area contributed by atoms with Gasteiger partial charge < -0.3 is 5.32 Å². The van der Waals surface area contributed by atoms with E-state index in [0.29, 0.717) is 11.4 Å². The Hall–Kier alpha value is -0.540. The van der Waals surface area contributed by atoms with Crippen molar-refractivity contribution in [3.8, 4) is 0 Å². The van der Waals surface area contributed by atoms with Crippen molar-refractivity contribution in [1.82, 2.24) is 0 Å². The number of halogens is 2. The van der Waals surface area contributed by atoms with Crippen LogP contribution in [0.5, 0.6) is 0 Å². The topological polar surface area (TPSA) is 29.1 Å². The average Bonchev–Trinajstić information content (AvgIpc) is 2.33. The molecule has 0 aliphatic rings. The maximum Gasteiger partial charge on any atom is 0.224 e. The number of hydrogen-bond acceptors (Lipinski definition) is 1. The van der Waals surface area contributed by atoms with E-state index in [1.54, 1.807) is 12.1 Å². The molecule has 0 radical (unpaired) electrons. The Morgan fingerprint density at radius 3 is 2.72 bits per heavy atom. The second-order valence-corrected chi connectivity index (χ2v) is 5.63. The van der Waals surface area contributed by atoms with Crippen LogP contribution >= 0.6 is 27.5 Å². The highest BCUT2D eigenvalue weighted by atomic mass is 79.9. The maximum atomic E-state index is 11.7. The zero-order valence-electron chi connectivity index (χ0n) is 10.6. The average molecular weight is 333 g/mol. The van der Waals surface area contributed by atoms with Crippen LogP contribution in [-0.4, -0.2) is 5.91 Å². The SMILES string of the molecule is CCCCCCCC(=O)Nc1cc(Cl)ccc1Br. The van der Waals surface area contributed by atoms with Crippen molar-refractivity contribution in [3.63, 3.8) is 0 Å². The quantitative estimate of drug-likeness (QED) is 0.665. The van der Waals surface area contributed by atoms with Crippen LogP contribution in [0, 0.1) is 0 Å². The molecule has 0 unspecified atom stereocenters. The van der Waals surface area contributed by atoms with Crippen LogP contribution in [0.2, 0.25) is 5.02 Å². The number of amides is 1. The second-order valence-electron chi connectivity index (χ2n) is 4.34. The Bertz CT molecular complexity index is 395. The lowest BCUT2D eigenvalue weighted by Gasteiger charge is -2.07. The Morgan fingerprint density at radius 2 is 2.00 bits per heavy atom. The number of carbonyl (C=O) groups is 1. The highest BCUT2D eigenvalue weighted by molar-refractivity contribution is 9.10. The molecule has 0 fully saturated rings. The number of hydrogen-bond donors (Lipinski definition) is 1. The van der Waals surface area contributed by atoms with Gasteiger partial charge in [-0.2, -0.15) is 0 Å². The Kier molecular flexibility index (Phi) is 7.36. The molecule has 1 rings (SSSR count). The summed E-state index contributed by atoms with van der Waals surface area (Å²) in [6.45, 7) is 2.18. The van der Waals surface area contributed by atoms with Crippen molar-refractivity contribution in [1.29, 1.82) is 0 Å². The van der Waals surface area contributed by atoms with E-state index >= 15 is 0 Å². The van der Waals surface area contributed by atoms with E-state index < -0.39 is 0 Å². The van der Waals surface area contributed by atoms with Gasteiger partial charge in [-0.15, -0.1) is 0 Å². The third kappa shape index (κ3) is 5.87. The third-order valence-corrected chi connectivity index (χ3v) is 3.64. The first-order valence-corrected chi connectivity index (χ1v) is 7.55. The molecule has 1 aromatic rings. The summed E-state index contributed by atoms with van der Waals surface area (Å²) in [5, 5.41) is 3.49. The van der Waals surface area contributed by atoms with Crippen LogP contribution in [0.25, 0.3) is 0 Å². The molecule has 0 heterocycles. The van der Waals surface area contributed by atoms with Gasteiger partial charge in [0, 0.05) is 15.9 Å². The second kappa shape index (κ2) is 8.54. The number of anilines is 1. The van der Waals surface area contributed by atoms with E-state index in [4.69, 9.17) is 11.6 Å². The summed E-state index contributed by atoms with van der Waals surface area (Å²) in [6, 6.07) is 5.37. The van der Waals surface area contributed by atoms with Gasteiger partial charge in [-0.3, -0.25) is 4.79 Å². The number of rotatable bonds is 7. The lowest BCUT2D eigenvalue weighted by molar-refractivity contribution is -0.116. The van der Waals surface area contributed by atoms with Gasteiger partial charge in [0.25, 0.3) is 0 Å². The molecule has 0 aliphatic heterocycles. The molecule has 100 valence electrons. The molecular formula is C14H19BrClNO. The zero-order chi connectivity index (χ0) is 13.4. The fraction of sp³-hybridized carbons (Fsp3) is 0.500. The number of carbonyl (C=O) groups excluding carboxylic acids is 1. The van der Waals surface area contributed by atoms with Crippen LogP contribution in [0.1, 0.15) is 45.4 Å². The summed E-state index contributed by atoms with van der Waals surface area (Å²) in [5.74, 6) is 0.0504. The van der Waals surface area contributed by atoms with Gasteiger partial charge in [0.1, 0.15) is 0 Å². The first-order valence-electron chi connectivity index (χ1n) is 6.38. The third-order valence-electron chi connectivity index (χ3n) is 2.71. The predicted octanol–water partition coefficient (Wildman–Crippen LogP) is 5.40. The van der Waals surface area contributed by atoms with Gasteiger partial charge in [-0.25, -0.2) is 0 Å². The zero-order valence-corrected chi connectivity index (χ0v) is 13.0. The molecule has 1 amide bonds. The molecular weight excluding hydrogens is 314 g/mol. The van der Waals surface area contributed by atoms with Crippen LogP contribution in [0.3, 0.4) is 0 Å². The molecule has 1 aromatic carbocycles. The van der Waals surface area contributed by atoms with Crippen LogP contribution in [0.4, 0.5) is 5.69 Å². The molecule has 1 N–H and O–H groups in total. The minimum Gasteiger partial charge on any atom is -0.325 e. The van der Waals surface area contributed by atoms with E-state index in [0.717, 1.165) is 23.0 Å². The maximum absolute atomic E-state index is 11.7. The van der Waals surface area contributed by atoms with Crippen LogP contribution < -0.4 is 5.32 Å². The number of benzene rings is 1. The van der Waals surface area contributed by atoms with Gasteiger partial charge >= 0.3 is 0 Å². The first-order chi connectivity index (χ1) is 8.63. The molecule has 4 heteroatoms. The summed E-state index contributed by atoms with van der Waals surface area (Å²) in [4.78, 5) is 11.7. The molecule has 18 heavy (non-hydrogen) atoms. The Labute approximate surface area is 122 Å². The number of nitrogens with one attached hydrogen (secondary N) is 1. The van der Waals surface area contributed by atoms with Gasteiger partial charge in [-0.1, -0.05) is 44.2 Å². The van der Waals surface area contributed by atoms with Crippen molar-refractivity contribution in [3.05, 3.63) is 27.7 Å². The molecule has 0 bridgehead atoms. The van der Waals surface area contributed by atoms with Crippen molar-refractivity contribution >= 4 is 39.1 Å². The van der Waals surface area contributed by atoms with Gasteiger partial charge in [-0.05, 0) is 40.5 Å². The fourth-order valence-corrected chi connectivity index (χ4v) is 2.21.